The van der Waals surface area contributed by atoms with Gasteiger partial charge in [-0.1, -0.05) is 80.4 Å². The number of rotatable bonds is 14. The van der Waals surface area contributed by atoms with E-state index in [1.165, 1.54) is 5.56 Å². The lowest BCUT2D eigenvalue weighted by Gasteiger charge is -2.44. The molecule has 4 rings (SSSR count). The molecule has 7 nitrogen and oxygen atoms in total. The molecule has 2 unspecified atom stereocenters. The lowest BCUT2D eigenvalue weighted by molar-refractivity contribution is -0.0563. The van der Waals surface area contributed by atoms with Gasteiger partial charge in [-0.25, -0.2) is 4.79 Å². The van der Waals surface area contributed by atoms with Crippen LogP contribution in [0, 0.1) is 5.92 Å². The molecule has 0 spiro atoms. The Kier molecular flexibility index (Phi) is 12.5. The predicted octanol–water partition coefficient (Wildman–Crippen LogP) is 7.42. The number of piperidine rings is 1. The minimum absolute atomic E-state index is 0.00123. The van der Waals surface area contributed by atoms with Crippen LogP contribution in [0.15, 0.2) is 60.7 Å². The lowest BCUT2D eigenvalue weighted by atomic mass is 9.72. The summed E-state index contributed by atoms with van der Waals surface area (Å²) in [6, 6.07) is 20.0. The molecule has 4 N–H and O–H groups in total. The van der Waals surface area contributed by atoms with Crippen LogP contribution in [0.2, 0.25) is 5.02 Å². The highest BCUT2D eigenvalue weighted by Gasteiger charge is 2.43. The van der Waals surface area contributed by atoms with E-state index in [2.05, 4.69) is 42.7 Å². The predicted molar refractivity (Wildman–Crippen MR) is 182 cm³/mol. The summed E-state index contributed by atoms with van der Waals surface area (Å²) in [5, 5.41) is 28.2. The van der Waals surface area contributed by atoms with E-state index >= 15 is 0 Å². The van der Waals surface area contributed by atoms with Crippen LogP contribution in [0.1, 0.15) is 85.0 Å². The van der Waals surface area contributed by atoms with Crippen LogP contribution in [-0.4, -0.2) is 53.8 Å². The summed E-state index contributed by atoms with van der Waals surface area (Å²) in [7, 11) is 1.92. The van der Waals surface area contributed by atoms with Gasteiger partial charge < -0.3 is 25.7 Å². The Bertz CT molecular complexity index is 1460. The Balaban J connectivity index is 1.72. The highest BCUT2D eigenvalue weighted by molar-refractivity contribution is 6.33. The number of benzene rings is 3. The van der Waals surface area contributed by atoms with Crippen molar-refractivity contribution in [3.8, 4) is 11.1 Å². The molecular weight excluding hydrogens is 586 g/mol. The zero-order chi connectivity index (χ0) is 32.4. The van der Waals surface area contributed by atoms with Gasteiger partial charge in [0.05, 0.1) is 5.60 Å². The fourth-order valence-corrected chi connectivity index (χ4v) is 6.99. The van der Waals surface area contributed by atoms with Gasteiger partial charge in [-0.05, 0) is 91.9 Å². The van der Waals surface area contributed by atoms with Crippen LogP contribution in [0.3, 0.4) is 0 Å². The van der Waals surface area contributed by atoms with Crippen LogP contribution >= 0.6 is 11.6 Å². The van der Waals surface area contributed by atoms with Gasteiger partial charge >= 0.3 is 6.09 Å². The molecule has 0 aliphatic carbocycles. The molecule has 0 aromatic heterocycles. The number of aryl methyl sites for hydroxylation is 2. The van der Waals surface area contributed by atoms with Crippen molar-refractivity contribution in [1.82, 2.24) is 15.5 Å². The van der Waals surface area contributed by atoms with Crippen LogP contribution in [0.5, 0.6) is 0 Å². The Morgan fingerprint density at radius 2 is 1.84 bits per heavy atom. The van der Waals surface area contributed by atoms with Gasteiger partial charge in [0.15, 0.2) is 0 Å². The fourth-order valence-electron chi connectivity index (χ4n) is 6.70. The van der Waals surface area contributed by atoms with Gasteiger partial charge in [0.1, 0.15) is 0 Å². The normalized spacial score (nSPS) is 16.3. The molecule has 1 aliphatic heterocycles. The van der Waals surface area contributed by atoms with Crippen molar-refractivity contribution in [1.29, 1.82) is 0 Å². The number of aliphatic hydroxyl groups is 1. The van der Waals surface area contributed by atoms with Crippen molar-refractivity contribution in [3.63, 3.8) is 0 Å². The summed E-state index contributed by atoms with van der Waals surface area (Å²) in [5.74, 6) is -0.270. The number of hydrogen-bond donors (Lipinski definition) is 4. The second kappa shape index (κ2) is 16.3. The average Bonchev–Trinajstić information content (AvgIpc) is 3.05. The van der Waals surface area contributed by atoms with Crippen LogP contribution in [-0.2, 0) is 25.0 Å². The van der Waals surface area contributed by atoms with Gasteiger partial charge in [0, 0.05) is 48.2 Å². The summed E-state index contributed by atoms with van der Waals surface area (Å²) in [5.41, 5.74) is 5.22. The number of unbranched alkanes of at least 4 members (excludes halogenated alkanes) is 1. The molecule has 8 heteroatoms. The number of carboxylic acid groups (broad SMARTS) is 1. The summed E-state index contributed by atoms with van der Waals surface area (Å²) < 4.78 is 0. The molecule has 3 aromatic carbocycles. The van der Waals surface area contributed by atoms with E-state index in [1.54, 1.807) is 0 Å². The minimum atomic E-state index is -1.34. The number of hydrogen-bond acceptors (Lipinski definition) is 4. The van der Waals surface area contributed by atoms with Crippen molar-refractivity contribution >= 4 is 23.6 Å². The standard InChI is InChI=1S/C37H48ClN3O4/c1-4-6-12-28-23-27(24-39-3)17-18-31(28)35(42)41-21-9-14-30(25-41)37(45,19-10-20-40-36(43)44)32-15-8-16-33(38)34(32)29-13-7-11-26(5-2)22-29/h7-8,11,13,15-18,22-23,30,39-40,45H,4-6,9-10,12,14,19-21,24-25H2,1-3H3,(H,43,44). The van der Waals surface area contributed by atoms with Gasteiger partial charge in [0.25, 0.3) is 5.91 Å². The zero-order valence-electron chi connectivity index (χ0n) is 26.9. The van der Waals surface area contributed by atoms with Crippen LogP contribution in [0.4, 0.5) is 4.79 Å². The summed E-state index contributed by atoms with van der Waals surface area (Å²) in [6.45, 7) is 6.24. The molecule has 1 aliphatic rings. The molecule has 1 fully saturated rings. The summed E-state index contributed by atoms with van der Waals surface area (Å²) in [6.07, 6.45) is 4.92. The van der Waals surface area contributed by atoms with E-state index in [-0.39, 0.29) is 18.4 Å². The van der Waals surface area contributed by atoms with E-state index in [1.807, 2.05) is 54.4 Å². The average molecular weight is 634 g/mol. The number of amides is 2. The van der Waals surface area contributed by atoms with Crippen LogP contribution in [0.25, 0.3) is 11.1 Å². The van der Waals surface area contributed by atoms with E-state index in [9.17, 15) is 19.8 Å². The topological polar surface area (TPSA) is 102 Å². The first kappa shape index (κ1) is 34.5. The van der Waals surface area contributed by atoms with Gasteiger partial charge in [-0.3, -0.25) is 4.79 Å². The van der Waals surface area contributed by atoms with Crippen molar-refractivity contribution in [3.05, 3.63) is 93.5 Å². The monoisotopic (exact) mass is 633 g/mol. The smallest absolute Gasteiger partial charge is 0.404 e. The lowest BCUT2D eigenvalue weighted by Crippen LogP contribution is -2.48. The molecular formula is C37H48ClN3O4. The molecule has 0 saturated carbocycles. The second-order valence-corrected chi connectivity index (χ2v) is 12.6. The van der Waals surface area contributed by atoms with E-state index in [0.717, 1.165) is 78.5 Å². The van der Waals surface area contributed by atoms with Crippen molar-refractivity contribution in [2.75, 3.05) is 26.7 Å². The maximum absolute atomic E-state index is 14.1. The first-order valence-corrected chi connectivity index (χ1v) is 16.7. The van der Waals surface area contributed by atoms with Crippen LogP contribution < -0.4 is 10.6 Å². The molecule has 3 aromatic rings. The number of nitrogens with one attached hydrogen (secondary N) is 2. The Morgan fingerprint density at radius 3 is 2.58 bits per heavy atom. The quantitative estimate of drug-likeness (QED) is 0.138. The molecule has 2 atom stereocenters. The highest BCUT2D eigenvalue weighted by Crippen LogP contribution is 2.46. The Hall–Kier alpha value is -3.39. The number of carbonyl (C=O) groups is 2. The third-order valence-corrected chi connectivity index (χ3v) is 9.39. The van der Waals surface area contributed by atoms with Crippen molar-refractivity contribution in [2.24, 2.45) is 5.92 Å². The van der Waals surface area contributed by atoms with Crippen molar-refractivity contribution < 1.29 is 19.8 Å². The maximum Gasteiger partial charge on any atom is 0.404 e. The second-order valence-electron chi connectivity index (χ2n) is 12.2. The van der Waals surface area contributed by atoms with E-state index in [0.29, 0.717) is 31.0 Å². The third-order valence-electron chi connectivity index (χ3n) is 9.08. The largest absolute Gasteiger partial charge is 0.465 e. The molecule has 0 radical (unpaired) electrons. The molecule has 1 saturated heterocycles. The Labute approximate surface area is 273 Å². The van der Waals surface area contributed by atoms with E-state index < -0.39 is 11.7 Å². The number of likely N-dealkylation sites (tertiary alicyclic amines) is 1. The number of carbonyl (C=O) groups excluding carboxylic acids is 1. The SMILES string of the molecule is CCCCc1cc(CNC)ccc1C(=O)N1CCCC(C(O)(CCCNC(=O)O)c2cccc(Cl)c2-c2cccc(CC)c2)C1. The first-order chi connectivity index (χ1) is 21.7. The highest BCUT2D eigenvalue weighted by atomic mass is 35.5. The molecule has 2 amide bonds. The minimum Gasteiger partial charge on any atom is -0.465 e. The van der Waals surface area contributed by atoms with Crippen molar-refractivity contribution in [2.45, 2.75) is 77.4 Å². The third kappa shape index (κ3) is 8.46. The summed E-state index contributed by atoms with van der Waals surface area (Å²) >= 11 is 6.89. The molecule has 1 heterocycles. The van der Waals surface area contributed by atoms with Gasteiger partial charge in [-0.15, -0.1) is 0 Å². The fraction of sp³-hybridized carbons (Fsp3) is 0.459. The molecule has 0 bridgehead atoms. The number of halogens is 1. The van der Waals surface area contributed by atoms with E-state index in [4.69, 9.17) is 11.6 Å². The Morgan fingerprint density at radius 1 is 1.04 bits per heavy atom. The summed E-state index contributed by atoms with van der Waals surface area (Å²) in [4.78, 5) is 27.2. The van der Waals surface area contributed by atoms with Gasteiger partial charge in [0.2, 0.25) is 0 Å². The number of nitrogens with zero attached hydrogens (tertiary/aromatic N) is 1. The maximum atomic E-state index is 14.1. The van der Waals surface area contributed by atoms with Gasteiger partial charge in [-0.2, -0.15) is 0 Å². The first-order valence-electron chi connectivity index (χ1n) is 16.3. The zero-order valence-corrected chi connectivity index (χ0v) is 27.6. The molecule has 45 heavy (non-hydrogen) atoms. The molecule has 242 valence electrons.